The lowest BCUT2D eigenvalue weighted by atomic mass is 9.72. The van der Waals surface area contributed by atoms with Crippen LogP contribution in [-0.4, -0.2) is 36.6 Å². The molecule has 0 aromatic heterocycles. The van der Waals surface area contributed by atoms with E-state index in [1.807, 2.05) is 13.8 Å². The van der Waals surface area contributed by atoms with Gasteiger partial charge >= 0.3 is 6.18 Å². The maximum absolute atomic E-state index is 13.3. The molecule has 2 N–H and O–H groups in total. The molecule has 0 radical (unpaired) electrons. The van der Waals surface area contributed by atoms with Gasteiger partial charge in [0.15, 0.2) is 0 Å². The Morgan fingerprint density at radius 3 is 2.70 bits per heavy atom. The highest BCUT2D eigenvalue weighted by atomic mass is 19.4. The molecular formula is C16H21F4NO2. The van der Waals surface area contributed by atoms with Crippen molar-refractivity contribution in [3.05, 3.63) is 29.6 Å². The van der Waals surface area contributed by atoms with Crippen molar-refractivity contribution >= 4 is 0 Å². The third kappa shape index (κ3) is 4.35. The van der Waals surface area contributed by atoms with Crippen LogP contribution in [-0.2, 0) is 0 Å². The summed E-state index contributed by atoms with van der Waals surface area (Å²) < 4.78 is 55.3. The number of rotatable bonds is 5. The molecule has 0 fully saturated rings. The molecule has 0 aliphatic carbocycles. The largest absolute Gasteiger partial charge is 0.490 e. The van der Waals surface area contributed by atoms with E-state index in [-0.39, 0.29) is 31.4 Å². The van der Waals surface area contributed by atoms with Crippen molar-refractivity contribution in [2.75, 3.05) is 19.7 Å². The first-order valence-electron chi connectivity index (χ1n) is 7.54. The van der Waals surface area contributed by atoms with Crippen molar-refractivity contribution in [3.8, 4) is 5.75 Å². The Morgan fingerprint density at radius 2 is 2.09 bits per heavy atom. The number of nitrogens with one attached hydrogen (secondary N) is 1. The second kappa shape index (κ2) is 6.65. The summed E-state index contributed by atoms with van der Waals surface area (Å²) in [5, 5.41) is 13.2. The standard InChI is InChI=1S/C16H21F4NO2/c1-10(2)14-12-4-3-11(17)7-13(12)23-9-15(14,22)5-6-21-8-16(18,19)20/h3-4,7,10,14,21-22H,5-6,8-9H2,1-2H3. The second-order valence-corrected chi connectivity index (χ2v) is 6.34. The summed E-state index contributed by atoms with van der Waals surface area (Å²) in [7, 11) is 0. The molecule has 0 spiro atoms. The van der Waals surface area contributed by atoms with Gasteiger partial charge in [-0.3, -0.25) is 0 Å². The van der Waals surface area contributed by atoms with Gasteiger partial charge in [0.05, 0.1) is 6.54 Å². The molecule has 2 atom stereocenters. The minimum absolute atomic E-state index is 0.0130. The Labute approximate surface area is 132 Å². The molecule has 0 saturated heterocycles. The SMILES string of the molecule is CC(C)C1c2ccc(F)cc2OCC1(O)CCNCC(F)(F)F. The molecule has 0 saturated carbocycles. The second-order valence-electron chi connectivity index (χ2n) is 6.34. The van der Waals surface area contributed by atoms with Gasteiger partial charge in [-0.2, -0.15) is 13.2 Å². The van der Waals surface area contributed by atoms with Gasteiger partial charge in [0.1, 0.15) is 23.8 Å². The van der Waals surface area contributed by atoms with E-state index in [9.17, 15) is 22.7 Å². The Balaban J connectivity index is 2.13. The number of hydrogen-bond donors (Lipinski definition) is 2. The first kappa shape index (κ1) is 18.0. The topological polar surface area (TPSA) is 41.5 Å². The van der Waals surface area contributed by atoms with E-state index in [2.05, 4.69) is 5.32 Å². The summed E-state index contributed by atoms with van der Waals surface area (Å²) in [6, 6.07) is 4.14. The minimum atomic E-state index is -4.28. The highest BCUT2D eigenvalue weighted by molar-refractivity contribution is 5.41. The monoisotopic (exact) mass is 335 g/mol. The van der Waals surface area contributed by atoms with Crippen molar-refractivity contribution in [2.45, 2.75) is 38.0 Å². The zero-order chi connectivity index (χ0) is 17.3. The fourth-order valence-corrected chi connectivity index (χ4v) is 3.21. The highest BCUT2D eigenvalue weighted by Gasteiger charge is 2.44. The molecule has 130 valence electrons. The lowest BCUT2D eigenvalue weighted by Gasteiger charge is -2.43. The zero-order valence-electron chi connectivity index (χ0n) is 13.1. The molecule has 1 aliphatic heterocycles. The van der Waals surface area contributed by atoms with Gasteiger partial charge in [0.2, 0.25) is 0 Å². The lowest BCUT2D eigenvalue weighted by molar-refractivity contribution is -0.126. The summed E-state index contributed by atoms with van der Waals surface area (Å²) in [5.74, 6) is -0.351. The van der Waals surface area contributed by atoms with E-state index in [1.54, 1.807) is 6.07 Å². The van der Waals surface area contributed by atoms with E-state index in [0.717, 1.165) is 0 Å². The Hall–Kier alpha value is -1.34. The summed E-state index contributed by atoms with van der Waals surface area (Å²) in [6.07, 6.45) is -4.17. The van der Waals surface area contributed by atoms with Crippen LogP contribution in [0.1, 0.15) is 31.7 Å². The van der Waals surface area contributed by atoms with Crippen LogP contribution in [0.25, 0.3) is 0 Å². The van der Waals surface area contributed by atoms with Crippen molar-refractivity contribution in [1.82, 2.24) is 5.32 Å². The maximum Gasteiger partial charge on any atom is 0.401 e. The molecule has 0 amide bonds. The first-order valence-corrected chi connectivity index (χ1v) is 7.54. The predicted octanol–water partition coefficient (Wildman–Crippen LogP) is 3.23. The molecule has 2 unspecified atom stereocenters. The third-order valence-electron chi connectivity index (χ3n) is 4.09. The van der Waals surface area contributed by atoms with Gasteiger partial charge in [-0.05, 0) is 24.9 Å². The van der Waals surface area contributed by atoms with Crippen LogP contribution in [0, 0.1) is 11.7 Å². The van der Waals surface area contributed by atoms with Crippen molar-refractivity contribution < 1.29 is 27.4 Å². The van der Waals surface area contributed by atoms with Gasteiger partial charge in [0.25, 0.3) is 0 Å². The van der Waals surface area contributed by atoms with E-state index in [1.165, 1.54) is 12.1 Å². The summed E-state index contributed by atoms with van der Waals surface area (Å²) in [4.78, 5) is 0. The van der Waals surface area contributed by atoms with Gasteiger partial charge < -0.3 is 15.2 Å². The van der Waals surface area contributed by atoms with Gasteiger partial charge in [-0.25, -0.2) is 4.39 Å². The summed E-state index contributed by atoms with van der Waals surface area (Å²) in [5.41, 5.74) is -0.608. The molecule has 1 aromatic rings. The molecule has 2 rings (SSSR count). The summed E-state index contributed by atoms with van der Waals surface area (Å²) >= 11 is 0. The van der Waals surface area contributed by atoms with E-state index < -0.39 is 24.1 Å². The lowest BCUT2D eigenvalue weighted by Crippen LogP contribution is -2.49. The molecule has 1 aromatic carbocycles. The van der Waals surface area contributed by atoms with Gasteiger partial charge in [-0.15, -0.1) is 0 Å². The maximum atomic E-state index is 13.3. The van der Waals surface area contributed by atoms with E-state index >= 15 is 0 Å². The molecule has 3 nitrogen and oxygen atoms in total. The Kier molecular flexibility index (Phi) is 5.20. The first-order chi connectivity index (χ1) is 10.6. The van der Waals surface area contributed by atoms with Crippen LogP contribution in [0.2, 0.25) is 0 Å². The molecule has 23 heavy (non-hydrogen) atoms. The number of hydrogen-bond acceptors (Lipinski definition) is 3. The smallest absolute Gasteiger partial charge is 0.401 e. The van der Waals surface area contributed by atoms with Crippen LogP contribution in [0.3, 0.4) is 0 Å². The number of aliphatic hydroxyl groups is 1. The quantitative estimate of drug-likeness (QED) is 0.641. The van der Waals surface area contributed by atoms with Crippen molar-refractivity contribution in [3.63, 3.8) is 0 Å². The average Bonchev–Trinajstić information content (AvgIpc) is 2.42. The van der Waals surface area contributed by atoms with Crippen LogP contribution in [0.15, 0.2) is 18.2 Å². The normalized spacial score (nSPS) is 24.4. The van der Waals surface area contributed by atoms with Crippen LogP contribution < -0.4 is 10.1 Å². The van der Waals surface area contributed by atoms with Gasteiger partial charge in [0, 0.05) is 17.5 Å². The molecule has 1 aliphatic rings. The van der Waals surface area contributed by atoms with Crippen LogP contribution >= 0.6 is 0 Å². The van der Waals surface area contributed by atoms with Crippen LogP contribution in [0.5, 0.6) is 5.75 Å². The van der Waals surface area contributed by atoms with E-state index in [4.69, 9.17) is 4.74 Å². The Bertz CT molecular complexity index is 547. The number of alkyl halides is 3. The average molecular weight is 335 g/mol. The molecule has 1 heterocycles. The minimum Gasteiger partial charge on any atom is -0.490 e. The van der Waals surface area contributed by atoms with Gasteiger partial charge in [-0.1, -0.05) is 19.9 Å². The fourth-order valence-electron chi connectivity index (χ4n) is 3.21. The molecule has 7 heteroatoms. The number of benzene rings is 1. The van der Waals surface area contributed by atoms with Crippen molar-refractivity contribution in [2.24, 2.45) is 5.92 Å². The number of ether oxygens (including phenoxy) is 1. The third-order valence-corrected chi connectivity index (χ3v) is 4.09. The Morgan fingerprint density at radius 1 is 1.39 bits per heavy atom. The van der Waals surface area contributed by atoms with Crippen molar-refractivity contribution in [1.29, 1.82) is 0 Å². The van der Waals surface area contributed by atoms with E-state index in [0.29, 0.717) is 11.3 Å². The number of fused-ring (bicyclic) bond motifs is 1. The summed E-state index contributed by atoms with van der Waals surface area (Å²) in [6.45, 7) is 2.67. The fraction of sp³-hybridized carbons (Fsp3) is 0.625. The van der Waals surface area contributed by atoms with Crippen LogP contribution in [0.4, 0.5) is 17.6 Å². The number of halogens is 4. The molecular weight excluding hydrogens is 314 g/mol. The zero-order valence-corrected chi connectivity index (χ0v) is 13.1. The molecule has 0 bridgehead atoms. The predicted molar refractivity (Wildman–Crippen MR) is 78.0 cm³/mol. The highest BCUT2D eigenvalue weighted by Crippen LogP contribution is 2.45.